The first-order chi connectivity index (χ1) is 3.18. The van der Waals surface area contributed by atoms with Crippen molar-refractivity contribution in [2.24, 2.45) is 5.92 Å². The van der Waals surface area contributed by atoms with Crippen LogP contribution in [0.1, 0.15) is 13.8 Å². The summed E-state index contributed by atoms with van der Waals surface area (Å²) in [5, 5.41) is 0.780. The molecular formula is C5H9BrO. The van der Waals surface area contributed by atoms with Gasteiger partial charge in [0.1, 0.15) is 5.78 Å². The standard InChI is InChI=1S/C5H9BrO/c1-4(3-6)5(2)7/h4H,3H2,1-2H3. The Bertz CT molecular complexity index is 70.5. The minimum absolute atomic E-state index is 0.181. The van der Waals surface area contributed by atoms with Crippen LogP contribution < -0.4 is 0 Å². The summed E-state index contributed by atoms with van der Waals surface area (Å²) in [6, 6.07) is 0. The number of carbonyl (C=O) groups is 1. The highest BCUT2D eigenvalue weighted by atomic mass is 79.9. The Kier molecular flexibility index (Phi) is 3.26. The van der Waals surface area contributed by atoms with E-state index in [0.29, 0.717) is 0 Å². The molecular weight excluding hydrogens is 156 g/mol. The van der Waals surface area contributed by atoms with Crippen LogP contribution in [0.15, 0.2) is 0 Å². The summed E-state index contributed by atoms with van der Waals surface area (Å²) in [7, 11) is 0. The molecule has 1 nitrogen and oxygen atoms in total. The van der Waals surface area contributed by atoms with E-state index in [1.54, 1.807) is 6.92 Å². The highest BCUT2D eigenvalue weighted by Gasteiger charge is 2.02. The second-order valence-corrected chi connectivity index (χ2v) is 2.31. The number of hydrogen-bond acceptors (Lipinski definition) is 1. The summed E-state index contributed by atoms with van der Waals surface area (Å²) >= 11 is 3.19. The third kappa shape index (κ3) is 2.80. The van der Waals surface area contributed by atoms with Gasteiger partial charge in [-0.2, -0.15) is 0 Å². The van der Waals surface area contributed by atoms with Crippen molar-refractivity contribution in [3.05, 3.63) is 0 Å². The van der Waals surface area contributed by atoms with Crippen molar-refractivity contribution >= 4 is 21.7 Å². The van der Waals surface area contributed by atoms with Crippen molar-refractivity contribution in [2.75, 3.05) is 5.33 Å². The molecule has 0 fully saturated rings. The van der Waals surface area contributed by atoms with Crippen LogP contribution in [-0.2, 0) is 4.79 Å². The van der Waals surface area contributed by atoms with E-state index >= 15 is 0 Å². The lowest BCUT2D eigenvalue weighted by Gasteiger charge is -1.97. The maximum Gasteiger partial charge on any atom is 0.133 e. The second kappa shape index (κ2) is 3.19. The van der Waals surface area contributed by atoms with E-state index in [4.69, 9.17) is 0 Å². The quantitative estimate of drug-likeness (QED) is 0.568. The molecule has 0 rings (SSSR count). The van der Waals surface area contributed by atoms with Crippen molar-refractivity contribution in [3.8, 4) is 0 Å². The Morgan fingerprint density at radius 3 is 2.29 bits per heavy atom. The lowest BCUT2D eigenvalue weighted by Crippen LogP contribution is -2.06. The van der Waals surface area contributed by atoms with Gasteiger partial charge in [-0.3, -0.25) is 4.79 Å². The molecule has 0 saturated heterocycles. The molecule has 2 heteroatoms. The first-order valence-electron chi connectivity index (χ1n) is 2.25. The largest absolute Gasteiger partial charge is 0.300 e. The lowest BCUT2D eigenvalue weighted by atomic mass is 10.1. The minimum atomic E-state index is 0.181. The van der Waals surface area contributed by atoms with E-state index in [0.717, 1.165) is 5.33 Å². The molecule has 0 N–H and O–H groups in total. The molecule has 0 radical (unpaired) electrons. The average Bonchev–Trinajstić information content (AvgIpc) is 1.65. The van der Waals surface area contributed by atoms with Crippen molar-refractivity contribution in [3.63, 3.8) is 0 Å². The highest BCUT2D eigenvalue weighted by molar-refractivity contribution is 9.09. The Morgan fingerprint density at radius 2 is 2.29 bits per heavy atom. The maximum atomic E-state index is 10.3. The molecule has 0 aromatic carbocycles. The van der Waals surface area contributed by atoms with E-state index in [-0.39, 0.29) is 11.7 Å². The number of ketones is 1. The number of carbonyl (C=O) groups excluding carboxylic acids is 1. The molecule has 0 saturated carbocycles. The number of rotatable bonds is 2. The van der Waals surface area contributed by atoms with E-state index in [1.165, 1.54) is 0 Å². The zero-order valence-electron chi connectivity index (χ0n) is 4.57. The Hall–Kier alpha value is 0.150. The molecule has 0 amide bonds. The first kappa shape index (κ1) is 7.15. The summed E-state index contributed by atoms with van der Waals surface area (Å²) in [6.45, 7) is 3.50. The third-order valence-electron chi connectivity index (χ3n) is 0.925. The maximum absolute atomic E-state index is 10.3. The Labute approximate surface area is 52.2 Å². The third-order valence-corrected chi connectivity index (χ3v) is 1.90. The van der Waals surface area contributed by atoms with Crippen LogP contribution in [0.3, 0.4) is 0 Å². The van der Waals surface area contributed by atoms with Gasteiger partial charge in [-0.05, 0) is 6.92 Å². The molecule has 0 aromatic rings. The molecule has 0 aliphatic rings. The fourth-order valence-electron chi connectivity index (χ4n) is 0.109. The number of alkyl halides is 1. The Balaban J connectivity index is 3.34. The average molecular weight is 165 g/mol. The summed E-state index contributed by atoms with van der Waals surface area (Å²) in [5.74, 6) is 0.428. The van der Waals surface area contributed by atoms with Gasteiger partial charge in [-0.1, -0.05) is 22.9 Å². The summed E-state index contributed by atoms with van der Waals surface area (Å²) in [4.78, 5) is 10.3. The van der Waals surface area contributed by atoms with E-state index in [9.17, 15) is 4.79 Å². The van der Waals surface area contributed by atoms with Gasteiger partial charge in [-0.15, -0.1) is 0 Å². The van der Waals surface area contributed by atoms with E-state index in [2.05, 4.69) is 15.9 Å². The molecule has 1 unspecified atom stereocenters. The fraction of sp³-hybridized carbons (Fsp3) is 0.800. The molecule has 7 heavy (non-hydrogen) atoms. The van der Waals surface area contributed by atoms with Gasteiger partial charge in [0.25, 0.3) is 0 Å². The fourth-order valence-corrected chi connectivity index (χ4v) is 0.565. The minimum Gasteiger partial charge on any atom is -0.300 e. The van der Waals surface area contributed by atoms with Crippen LogP contribution >= 0.6 is 15.9 Å². The van der Waals surface area contributed by atoms with Gasteiger partial charge >= 0.3 is 0 Å². The molecule has 1 atom stereocenters. The molecule has 0 heterocycles. The number of hydrogen-bond donors (Lipinski definition) is 0. The van der Waals surface area contributed by atoms with Crippen molar-refractivity contribution < 1.29 is 4.79 Å². The van der Waals surface area contributed by atoms with Crippen LogP contribution in [0.2, 0.25) is 0 Å². The SMILES string of the molecule is CC(=O)C(C)CBr. The lowest BCUT2D eigenvalue weighted by molar-refractivity contribution is -0.119. The Morgan fingerprint density at radius 1 is 1.86 bits per heavy atom. The van der Waals surface area contributed by atoms with E-state index < -0.39 is 0 Å². The van der Waals surface area contributed by atoms with Gasteiger partial charge in [0, 0.05) is 11.2 Å². The predicted octanol–water partition coefficient (Wildman–Crippen LogP) is 1.61. The molecule has 0 aliphatic heterocycles. The van der Waals surface area contributed by atoms with Gasteiger partial charge in [0.05, 0.1) is 0 Å². The molecule has 42 valence electrons. The number of halogens is 1. The highest BCUT2D eigenvalue weighted by Crippen LogP contribution is 1.99. The number of Topliss-reactive ketones (excluding diaryl/α,β-unsaturated/α-hetero) is 1. The zero-order valence-corrected chi connectivity index (χ0v) is 6.16. The van der Waals surface area contributed by atoms with Crippen LogP contribution in [0, 0.1) is 5.92 Å². The van der Waals surface area contributed by atoms with Crippen LogP contribution in [0.4, 0.5) is 0 Å². The summed E-state index contributed by atoms with van der Waals surface area (Å²) < 4.78 is 0. The molecule has 0 aliphatic carbocycles. The first-order valence-corrected chi connectivity index (χ1v) is 3.37. The normalized spacial score (nSPS) is 13.6. The molecule has 0 bridgehead atoms. The van der Waals surface area contributed by atoms with Gasteiger partial charge in [0.15, 0.2) is 0 Å². The topological polar surface area (TPSA) is 17.1 Å². The van der Waals surface area contributed by atoms with Crippen LogP contribution in [0.5, 0.6) is 0 Å². The second-order valence-electron chi connectivity index (χ2n) is 1.67. The van der Waals surface area contributed by atoms with Gasteiger partial charge < -0.3 is 0 Å². The van der Waals surface area contributed by atoms with Crippen molar-refractivity contribution in [1.82, 2.24) is 0 Å². The monoisotopic (exact) mass is 164 g/mol. The molecule has 0 aromatic heterocycles. The molecule has 0 spiro atoms. The van der Waals surface area contributed by atoms with Crippen molar-refractivity contribution in [2.45, 2.75) is 13.8 Å². The van der Waals surface area contributed by atoms with Crippen LogP contribution in [0.25, 0.3) is 0 Å². The summed E-state index contributed by atoms with van der Waals surface area (Å²) in [5.41, 5.74) is 0. The van der Waals surface area contributed by atoms with Gasteiger partial charge in [-0.25, -0.2) is 0 Å². The van der Waals surface area contributed by atoms with Crippen LogP contribution in [-0.4, -0.2) is 11.1 Å². The van der Waals surface area contributed by atoms with Gasteiger partial charge in [0.2, 0.25) is 0 Å². The predicted molar refractivity (Wildman–Crippen MR) is 33.6 cm³/mol. The van der Waals surface area contributed by atoms with Crippen molar-refractivity contribution in [1.29, 1.82) is 0 Å². The zero-order chi connectivity index (χ0) is 5.86. The summed E-state index contributed by atoms with van der Waals surface area (Å²) in [6.07, 6.45) is 0. The smallest absolute Gasteiger partial charge is 0.133 e. The van der Waals surface area contributed by atoms with E-state index in [1.807, 2.05) is 6.92 Å².